The fourth-order valence-electron chi connectivity index (χ4n) is 2.44. The second-order valence-corrected chi connectivity index (χ2v) is 5.49. The van der Waals surface area contributed by atoms with Crippen molar-refractivity contribution in [3.63, 3.8) is 0 Å². The third-order valence-corrected chi connectivity index (χ3v) is 3.66. The monoisotopic (exact) mass is 323 g/mol. The largest absolute Gasteiger partial charge is 0.321 e. The van der Waals surface area contributed by atoms with Crippen molar-refractivity contribution < 1.29 is 4.39 Å². The Morgan fingerprint density at radius 2 is 2.00 bits per heavy atom. The Labute approximate surface area is 136 Å². The van der Waals surface area contributed by atoms with Crippen molar-refractivity contribution in [3.05, 3.63) is 54.4 Å². The zero-order valence-corrected chi connectivity index (χ0v) is 13.1. The molecule has 0 atom stereocenters. The highest BCUT2D eigenvalue weighted by Crippen LogP contribution is 2.20. The van der Waals surface area contributed by atoms with Gasteiger partial charge in [0.15, 0.2) is 5.65 Å². The highest BCUT2D eigenvalue weighted by Gasteiger charge is 2.10. The number of nitrogens with one attached hydrogen (secondary N) is 1. The Morgan fingerprint density at radius 3 is 2.75 bits per heavy atom. The third-order valence-electron chi connectivity index (χ3n) is 3.66. The number of benzene rings is 1. The van der Waals surface area contributed by atoms with E-state index in [2.05, 4.69) is 25.5 Å². The SMILES string of the molecule is Cc1cc(-n2ncc3cnc(Nc4cnn(C)c4)nc32)ccc1F. The molecule has 120 valence electrons. The van der Waals surface area contributed by atoms with Crippen LogP contribution >= 0.6 is 0 Å². The second-order valence-electron chi connectivity index (χ2n) is 5.49. The van der Waals surface area contributed by atoms with Gasteiger partial charge in [-0.25, -0.2) is 14.1 Å². The van der Waals surface area contributed by atoms with Crippen molar-refractivity contribution in [1.82, 2.24) is 29.5 Å². The summed E-state index contributed by atoms with van der Waals surface area (Å²) < 4.78 is 16.8. The molecule has 0 fully saturated rings. The molecule has 4 rings (SSSR count). The van der Waals surface area contributed by atoms with Crippen molar-refractivity contribution in [3.8, 4) is 5.69 Å². The van der Waals surface area contributed by atoms with Gasteiger partial charge < -0.3 is 5.32 Å². The number of hydrogen-bond donors (Lipinski definition) is 1. The number of nitrogens with zero attached hydrogens (tertiary/aromatic N) is 6. The molecule has 0 saturated heterocycles. The van der Waals surface area contributed by atoms with Gasteiger partial charge >= 0.3 is 0 Å². The van der Waals surface area contributed by atoms with Gasteiger partial charge in [0.2, 0.25) is 5.95 Å². The summed E-state index contributed by atoms with van der Waals surface area (Å²) >= 11 is 0. The highest BCUT2D eigenvalue weighted by molar-refractivity contribution is 5.77. The molecule has 0 unspecified atom stereocenters. The van der Waals surface area contributed by atoms with Crippen molar-refractivity contribution >= 4 is 22.7 Å². The van der Waals surface area contributed by atoms with Crippen LogP contribution in [0.1, 0.15) is 5.56 Å². The van der Waals surface area contributed by atoms with E-state index in [1.807, 2.05) is 13.2 Å². The molecule has 0 amide bonds. The maximum absolute atomic E-state index is 13.5. The first-order valence-electron chi connectivity index (χ1n) is 7.33. The van der Waals surface area contributed by atoms with Crippen LogP contribution in [0.3, 0.4) is 0 Å². The summed E-state index contributed by atoms with van der Waals surface area (Å²) in [5.74, 6) is 0.194. The van der Waals surface area contributed by atoms with Gasteiger partial charge in [0, 0.05) is 19.4 Å². The first kappa shape index (κ1) is 14.3. The lowest BCUT2D eigenvalue weighted by Gasteiger charge is -2.06. The number of anilines is 2. The van der Waals surface area contributed by atoms with E-state index in [9.17, 15) is 4.39 Å². The molecule has 0 spiro atoms. The molecular formula is C16H14FN7. The van der Waals surface area contributed by atoms with Crippen LogP contribution in [-0.2, 0) is 7.05 Å². The molecule has 0 saturated carbocycles. The molecule has 3 heterocycles. The number of aryl methyl sites for hydroxylation is 2. The number of rotatable bonds is 3. The van der Waals surface area contributed by atoms with Crippen LogP contribution < -0.4 is 5.32 Å². The molecule has 1 N–H and O–H groups in total. The van der Waals surface area contributed by atoms with Crippen LogP contribution in [0.4, 0.5) is 16.0 Å². The average Bonchev–Trinajstić information content (AvgIpc) is 3.16. The molecule has 0 aliphatic carbocycles. The van der Waals surface area contributed by atoms with Crippen LogP contribution in [0.2, 0.25) is 0 Å². The van der Waals surface area contributed by atoms with Crippen molar-refractivity contribution in [2.24, 2.45) is 7.05 Å². The van der Waals surface area contributed by atoms with Crippen LogP contribution in [0, 0.1) is 12.7 Å². The number of halogens is 1. The Hall–Kier alpha value is -3.29. The average molecular weight is 323 g/mol. The molecule has 0 radical (unpaired) electrons. The van der Waals surface area contributed by atoms with E-state index in [4.69, 9.17) is 0 Å². The summed E-state index contributed by atoms with van der Waals surface area (Å²) in [6.07, 6.45) is 6.89. The van der Waals surface area contributed by atoms with Gasteiger partial charge in [-0.05, 0) is 30.7 Å². The zero-order chi connectivity index (χ0) is 16.7. The smallest absolute Gasteiger partial charge is 0.229 e. The fraction of sp³-hybridized carbons (Fsp3) is 0.125. The normalized spacial score (nSPS) is 11.1. The molecule has 7 nitrogen and oxygen atoms in total. The second kappa shape index (κ2) is 5.41. The lowest BCUT2D eigenvalue weighted by atomic mass is 10.2. The third kappa shape index (κ3) is 2.47. The zero-order valence-electron chi connectivity index (χ0n) is 13.1. The predicted molar refractivity (Wildman–Crippen MR) is 87.8 cm³/mol. The molecule has 3 aromatic heterocycles. The summed E-state index contributed by atoms with van der Waals surface area (Å²) in [5.41, 5.74) is 2.73. The van der Waals surface area contributed by atoms with Crippen LogP contribution in [0.15, 0.2) is 43.0 Å². The van der Waals surface area contributed by atoms with E-state index < -0.39 is 0 Å². The van der Waals surface area contributed by atoms with Crippen molar-refractivity contribution in [2.45, 2.75) is 6.92 Å². The summed E-state index contributed by atoms with van der Waals surface area (Å²) in [7, 11) is 1.83. The number of aromatic nitrogens is 6. The topological polar surface area (TPSA) is 73.5 Å². The molecule has 0 aliphatic heterocycles. The Bertz CT molecular complexity index is 1030. The highest BCUT2D eigenvalue weighted by atomic mass is 19.1. The Kier molecular flexibility index (Phi) is 3.23. The van der Waals surface area contributed by atoms with Gasteiger partial charge in [-0.15, -0.1) is 0 Å². The summed E-state index contributed by atoms with van der Waals surface area (Å²) in [5, 5.41) is 12.3. The van der Waals surface area contributed by atoms with Gasteiger partial charge in [-0.3, -0.25) is 4.68 Å². The first-order valence-corrected chi connectivity index (χ1v) is 7.33. The van der Waals surface area contributed by atoms with Gasteiger partial charge in [0.05, 0.1) is 29.2 Å². The van der Waals surface area contributed by atoms with Gasteiger partial charge in [-0.2, -0.15) is 15.2 Å². The number of fused-ring (bicyclic) bond motifs is 1. The van der Waals surface area contributed by atoms with Gasteiger partial charge in [0.25, 0.3) is 0 Å². The minimum absolute atomic E-state index is 0.247. The molecular weight excluding hydrogens is 309 g/mol. The maximum Gasteiger partial charge on any atom is 0.229 e. The molecule has 24 heavy (non-hydrogen) atoms. The van der Waals surface area contributed by atoms with Crippen LogP contribution in [0.5, 0.6) is 0 Å². The standard InChI is InChI=1S/C16H14FN7/c1-10-5-13(3-4-14(10)17)24-15-11(7-20-24)6-18-16(22-15)21-12-8-19-23(2)9-12/h3-9H,1-2H3,(H,18,21,22). The van der Waals surface area contributed by atoms with E-state index in [1.165, 1.54) is 6.07 Å². The fourth-order valence-corrected chi connectivity index (χ4v) is 2.44. The minimum Gasteiger partial charge on any atom is -0.321 e. The molecule has 0 aliphatic rings. The molecule has 0 bridgehead atoms. The quantitative estimate of drug-likeness (QED) is 0.627. The lowest BCUT2D eigenvalue weighted by Crippen LogP contribution is -2.01. The predicted octanol–water partition coefficient (Wildman–Crippen LogP) is 2.74. The Morgan fingerprint density at radius 1 is 1.12 bits per heavy atom. The van der Waals surface area contributed by atoms with E-state index in [1.54, 1.807) is 47.0 Å². The molecule has 1 aromatic carbocycles. The van der Waals surface area contributed by atoms with E-state index in [0.29, 0.717) is 17.2 Å². The number of hydrogen-bond acceptors (Lipinski definition) is 5. The van der Waals surface area contributed by atoms with Crippen molar-refractivity contribution in [2.75, 3.05) is 5.32 Å². The molecule has 8 heteroatoms. The van der Waals surface area contributed by atoms with Gasteiger partial charge in [-0.1, -0.05) is 0 Å². The summed E-state index contributed by atoms with van der Waals surface area (Å²) in [4.78, 5) is 8.79. The van der Waals surface area contributed by atoms with E-state index in [-0.39, 0.29) is 5.82 Å². The van der Waals surface area contributed by atoms with Crippen LogP contribution in [-0.4, -0.2) is 29.5 Å². The first-order chi connectivity index (χ1) is 11.6. The van der Waals surface area contributed by atoms with Gasteiger partial charge in [0.1, 0.15) is 5.82 Å². The lowest BCUT2D eigenvalue weighted by molar-refractivity contribution is 0.617. The van der Waals surface area contributed by atoms with Crippen LogP contribution in [0.25, 0.3) is 16.7 Å². The Balaban J connectivity index is 1.76. The maximum atomic E-state index is 13.5. The van der Waals surface area contributed by atoms with E-state index in [0.717, 1.165) is 16.8 Å². The van der Waals surface area contributed by atoms with Crippen molar-refractivity contribution in [1.29, 1.82) is 0 Å². The molecule has 4 aromatic rings. The van der Waals surface area contributed by atoms with E-state index >= 15 is 0 Å². The summed E-state index contributed by atoms with van der Waals surface area (Å²) in [6, 6.07) is 4.83. The summed E-state index contributed by atoms with van der Waals surface area (Å²) in [6.45, 7) is 1.72. The minimum atomic E-state index is -0.247.